The van der Waals surface area contributed by atoms with E-state index >= 15 is 0 Å². The first-order valence-electron chi connectivity index (χ1n) is 7.04. The summed E-state index contributed by atoms with van der Waals surface area (Å²) in [5.41, 5.74) is 0. The molecule has 1 heterocycles. The lowest BCUT2D eigenvalue weighted by Crippen LogP contribution is -2.51. The summed E-state index contributed by atoms with van der Waals surface area (Å²) in [6.07, 6.45) is 8.88. The Morgan fingerprint density at radius 3 is 2.69 bits per heavy atom. The number of carbonyl (C=O) groups excluding carboxylic acids is 1. The largest absolute Gasteiger partial charge is 0.339 e. The van der Waals surface area contributed by atoms with Crippen LogP contribution in [0.2, 0.25) is 0 Å². The van der Waals surface area contributed by atoms with Gasteiger partial charge in [0, 0.05) is 18.5 Å². The molecule has 1 amide bonds. The Morgan fingerprint density at radius 1 is 1.25 bits per heavy atom. The van der Waals surface area contributed by atoms with Crippen molar-refractivity contribution in [1.29, 1.82) is 0 Å². The Labute approximate surface area is 99.4 Å². The predicted molar refractivity (Wildman–Crippen MR) is 66.1 cm³/mol. The van der Waals surface area contributed by atoms with Gasteiger partial charge in [-0.3, -0.25) is 4.79 Å². The zero-order valence-corrected chi connectivity index (χ0v) is 10.7. The van der Waals surface area contributed by atoms with Gasteiger partial charge in [0.2, 0.25) is 5.91 Å². The summed E-state index contributed by atoms with van der Waals surface area (Å²) in [6, 6.07) is 0.587. The van der Waals surface area contributed by atoms with Crippen LogP contribution < -0.4 is 0 Å². The fourth-order valence-corrected chi connectivity index (χ4v) is 3.36. The van der Waals surface area contributed by atoms with Crippen molar-refractivity contribution in [2.75, 3.05) is 6.54 Å². The number of hydrogen-bond acceptors (Lipinski definition) is 1. The summed E-state index contributed by atoms with van der Waals surface area (Å²) in [5, 5.41) is 0. The number of hydrogen-bond donors (Lipinski definition) is 0. The first kappa shape index (κ1) is 11.9. The molecule has 0 aromatic rings. The summed E-state index contributed by atoms with van der Waals surface area (Å²) in [6.45, 7) is 5.21. The van der Waals surface area contributed by atoms with Crippen LogP contribution in [0.25, 0.3) is 0 Å². The quantitative estimate of drug-likeness (QED) is 0.704. The van der Waals surface area contributed by atoms with E-state index in [1.54, 1.807) is 0 Å². The van der Waals surface area contributed by atoms with Gasteiger partial charge < -0.3 is 4.90 Å². The standard InChI is InChI=1S/C14H25NO/c1-3-11(2)14(16)15-10-6-8-12-7-4-5-9-13(12)15/h11-13H,3-10H2,1-2H3/t11-,12+,13-/m0/s1. The minimum atomic E-state index is 0.223. The lowest BCUT2D eigenvalue weighted by Gasteiger charge is -2.45. The molecule has 0 radical (unpaired) electrons. The number of piperidine rings is 1. The highest BCUT2D eigenvalue weighted by Gasteiger charge is 2.36. The molecular formula is C14H25NO. The van der Waals surface area contributed by atoms with Gasteiger partial charge in [0.1, 0.15) is 0 Å². The molecule has 1 aliphatic carbocycles. The van der Waals surface area contributed by atoms with Gasteiger partial charge in [-0.2, -0.15) is 0 Å². The van der Waals surface area contributed by atoms with Gasteiger partial charge in [0.05, 0.1) is 0 Å². The van der Waals surface area contributed by atoms with Crippen molar-refractivity contribution in [3.63, 3.8) is 0 Å². The highest BCUT2D eigenvalue weighted by Crippen LogP contribution is 2.35. The second kappa shape index (κ2) is 5.20. The number of nitrogens with zero attached hydrogens (tertiary/aromatic N) is 1. The smallest absolute Gasteiger partial charge is 0.225 e. The molecule has 1 saturated heterocycles. The summed E-state index contributed by atoms with van der Waals surface area (Å²) >= 11 is 0. The Kier molecular flexibility index (Phi) is 3.88. The maximum Gasteiger partial charge on any atom is 0.225 e. The average Bonchev–Trinajstić information content (AvgIpc) is 2.36. The zero-order chi connectivity index (χ0) is 11.5. The molecule has 3 atom stereocenters. The average molecular weight is 223 g/mol. The third kappa shape index (κ3) is 2.26. The first-order chi connectivity index (χ1) is 7.74. The predicted octanol–water partition coefficient (Wildman–Crippen LogP) is 3.21. The SMILES string of the molecule is CC[C@H](C)C(=O)N1CCC[C@H]2CCCC[C@@H]21. The molecule has 0 bridgehead atoms. The van der Waals surface area contributed by atoms with Gasteiger partial charge in [0.25, 0.3) is 0 Å². The van der Waals surface area contributed by atoms with Crippen molar-refractivity contribution >= 4 is 5.91 Å². The molecule has 16 heavy (non-hydrogen) atoms. The van der Waals surface area contributed by atoms with Crippen molar-refractivity contribution < 1.29 is 4.79 Å². The molecule has 2 nitrogen and oxygen atoms in total. The Bertz CT molecular complexity index is 249. The van der Waals surface area contributed by atoms with Crippen molar-refractivity contribution in [3.05, 3.63) is 0 Å². The molecule has 0 aromatic heterocycles. The summed E-state index contributed by atoms with van der Waals surface area (Å²) in [5.74, 6) is 1.45. The molecule has 2 heteroatoms. The van der Waals surface area contributed by atoms with Crippen LogP contribution in [0.5, 0.6) is 0 Å². The summed E-state index contributed by atoms with van der Waals surface area (Å²) < 4.78 is 0. The second-order valence-corrected chi connectivity index (χ2v) is 5.60. The van der Waals surface area contributed by atoms with Crippen LogP contribution in [-0.2, 0) is 4.79 Å². The van der Waals surface area contributed by atoms with E-state index in [4.69, 9.17) is 0 Å². The monoisotopic (exact) mass is 223 g/mol. The molecule has 0 N–H and O–H groups in total. The van der Waals surface area contributed by atoms with E-state index in [0.717, 1.165) is 18.9 Å². The molecule has 92 valence electrons. The maximum absolute atomic E-state index is 12.3. The Morgan fingerprint density at radius 2 is 1.94 bits per heavy atom. The van der Waals surface area contributed by atoms with E-state index in [1.165, 1.54) is 38.5 Å². The molecule has 1 aliphatic heterocycles. The highest BCUT2D eigenvalue weighted by molar-refractivity contribution is 5.78. The van der Waals surface area contributed by atoms with E-state index in [-0.39, 0.29) is 5.92 Å². The van der Waals surface area contributed by atoms with Gasteiger partial charge in [-0.05, 0) is 38.0 Å². The van der Waals surface area contributed by atoms with Crippen molar-refractivity contribution in [1.82, 2.24) is 4.90 Å². The Hall–Kier alpha value is -0.530. The van der Waals surface area contributed by atoms with Crippen LogP contribution in [0.1, 0.15) is 58.8 Å². The molecule has 0 spiro atoms. The number of fused-ring (bicyclic) bond motifs is 1. The third-order valence-electron chi connectivity index (χ3n) is 4.56. The molecule has 2 rings (SSSR count). The minimum absolute atomic E-state index is 0.223. The van der Waals surface area contributed by atoms with E-state index in [2.05, 4.69) is 18.7 Å². The van der Waals surface area contributed by atoms with Crippen molar-refractivity contribution in [3.8, 4) is 0 Å². The first-order valence-corrected chi connectivity index (χ1v) is 7.04. The molecular weight excluding hydrogens is 198 g/mol. The molecule has 0 aromatic carbocycles. The van der Waals surface area contributed by atoms with Crippen LogP contribution in [0.3, 0.4) is 0 Å². The summed E-state index contributed by atoms with van der Waals surface area (Å²) in [7, 11) is 0. The summed E-state index contributed by atoms with van der Waals surface area (Å²) in [4.78, 5) is 14.5. The lowest BCUT2D eigenvalue weighted by atomic mass is 9.78. The van der Waals surface area contributed by atoms with E-state index < -0.39 is 0 Å². The molecule has 2 aliphatic rings. The van der Waals surface area contributed by atoms with Gasteiger partial charge in [-0.25, -0.2) is 0 Å². The topological polar surface area (TPSA) is 20.3 Å². The Balaban J connectivity index is 2.04. The van der Waals surface area contributed by atoms with Crippen LogP contribution in [0.15, 0.2) is 0 Å². The number of amides is 1. The van der Waals surface area contributed by atoms with E-state index in [0.29, 0.717) is 11.9 Å². The second-order valence-electron chi connectivity index (χ2n) is 5.60. The molecule has 2 fully saturated rings. The highest BCUT2D eigenvalue weighted by atomic mass is 16.2. The van der Waals surface area contributed by atoms with E-state index in [9.17, 15) is 4.79 Å². The van der Waals surface area contributed by atoms with Gasteiger partial charge >= 0.3 is 0 Å². The van der Waals surface area contributed by atoms with E-state index in [1.807, 2.05) is 0 Å². The maximum atomic E-state index is 12.3. The number of rotatable bonds is 2. The third-order valence-corrected chi connectivity index (χ3v) is 4.56. The van der Waals surface area contributed by atoms with Crippen molar-refractivity contribution in [2.24, 2.45) is 11.8 Å². The van der Waals surface area contributed by atoms with Crippen LogP contribution in [0, 0.1) is 11.8 Å². The van der Waals surface area contributed by atoms with Gasteiger partial charge in [-0.1, -0.05) is 26.7 Å². The van der Waals surface area contributed by atoms with Crippen molar-refractivity contribution in [2.45, 2.75) is 64.8 Å². The van der Waals surface area contributed by atoms with Crippen LogP contribution in [0.4, 0.5) is 0 Å². The number of carbonyl (C=O) groups is 1. The van der Waals surface area contributed by atoms with Gasteiger partial charge in [0.15, 0.2) is 0 Å². The van der Waals surface area contributed by atoms with Gasteiger partial charge in [-0.15, -0.1) is 0 Å². The fourth-order valence-electron chi connectivity index (χ4n) is 3.36. The minimum Gasteiger partial charge on any atom is -0.339 e. The van der Waals surface area contributed by atoms with Crippen LogP contribution in [-0.4, -0.2) is 23.4 Å². The molecule has 0 unspecified atom stereocenters. The lowest BCUT2D eigenvalue weighted by molar-refractivity contribution is -0.141. The zero-order valence-electron chi connectivity index (χ0n) is 10.7. The van der Waals surface area contributed by atoms with Crippen LogP contribution >= 0.6 is 0 Å². The normalized spacial score (nSPS) is 32.0. The fraction of sp³-hybridized carbons (Fsp3) is 0.929. The molecule has 1 saturated carbocycles. The number of likely N-dealkylation sites (tertiary alicyclic amines) is 1.